The summed E-state index contributed by atoms with van der Waals surface area (Å²) in [4.78, 5) is 30.8. The first kappa shape index (κ1) is 15.6. The van der Waals surface area contributed by atoms with Crippen molar-refractivity contribution in [3.8, 4) is 0 Å². The number of amides is 1. The van der Waals surface area contributed by atoms with E-state index in [1.165, 1.54) is 15.5 Å². The van der Waals surface area contributed by atoms with Gasteiger partial charge >= 0.3 is 0 Å². The molecule has 0 saturated carbocycles. The number of aryl methyl sites for hydroxylation is 1. The van der Waals surface area contributed by atoms with E-state index in [-0.39, 0.29) is 29.2 Å². The Morgan fingerprint density at radius 1 is 1.52 bits per heavy atom. The van der Waals surface area contributed by atoms with Crippen molar-refractivity contribution in [2.75, 3.05) is 20.1 Å². The number of nitrogens with zero attached hydrogens (tertiary/aromatic N) is 3. The van der Waals surface area contributed by atoms with Gasteiger partial charge in [0.25, 0.3) is 11.5 Å². The Bertz CT molecular complexity index is 802. The van der Waals surface area contributed by atoms with E-state index >= 15 is 0 Å². The van der Waals surface area contributed by atoms with E-state index in [1.54, 1.807) is 19.3 Å². The van der Waals surface area contributed by atoms with Crippen molar-refractivity contribution >= 4 is 11.6 Å². The number of carbonyl (C=O) groups excluding carboxylic acids is 1. The molecule has 2 aromatic rings. The number of pyridine rings is 1. The van der Waals surface area contributed by atoms with Gasteiger partial charge in [0, 0.05) is 38.6 Å². The molecular formula is C16H20N4O3. The summed E-state index contributed by atoms with van der Waals surface area (Å²) in [7, 11) is 1.65. The molecule has 7 heteroatoms. The number of aliphatic hydroxyl groups excluding tert-OH is 1. The third-order valence-corrected chi connectivity index (χ3v) is 4.12. The van der Waals surface area contributed by atoms with Crippen molar-refractivity contribution in [1.29, 1.82) is 0 Å². The summed E-state index contributed by atoms with van der Waals surface area (Å²) in [5.41, 5.74) is 1.12. The number of hydrogen-bond acceptors (Lipinski definition) is 5. The maximum atomic E-state index is 12.5. The van der Waals surface area contributed by atoms with E-state index in [2.05, 4.69) is 10.3 Å². The smallest absolute Gasteiger partial charge is 0.270 e. The number of rotatable bonds is 3. The highest BCUT2D eigenvalue weighted by atomic mass is 16.3. The van der Waals surface area contributed by atoms with Gasteiger partial charge in [-0.1, -0.05) is 6.07 Å². The maximum absolute atomic E-state index is 12.5. The van der Waals surface area contributed by atoms with Crippen molar-refractivity contribution in [1.82, 2.24) is 19.6 Å². The van der Waals surface area contributed by atoms with E-state index in [4.69, 9.17) is 0 Å². The van der Waals surface area contributed by atoms with Crippen LogP contribution >= 0.6 is 0 Å². The monoisotopic (exact) mass is 316 g/mol. The van der Waals surface area contributed by atoms with Crippen LogP contribution in [0.1, 0.15) is 22.3 Å². The molecule has 3 heterocycles. The van der Waals surface area contributed by atoms with Gasteiger partial charge in [0.2, 0.25) is 0 Å². The lowest BCUT2D eigenvalue weighted by molar-refractivity contribution is 0.0778. The summed E-state index contributed by atoms with van der Waals surface area (Å²) in [6.45, 7) is 2.85. The van der Waals surface area contributed by atoms with Crippen LogP contribution in [-0.4, -0.2) is 57.6 Å². The molecule has 1 saturated heterocycles. The molecule has 1 aliphatic rings. The third-order valence-electron chi connectivity index (χ3n) is 4.12. The molecule has 0 aromatic carbocycles. The van der Waals surface area contributed by atoms with Crippen LogP contribution in [0.3, 0.4) is 0 Å². The molecule has 122 valence electrons. The van der Waals surface area contributed by atoms with Crippen LogP contribution < -0.4 is 10.9 Å². The fourth-order valence-corrected chi connectivity index (χ4v) is 2.89. The van der Waals surface area contributed by atoms with Crippen LogP contribution in [0.4, 0.5) is 0 Å². The molecule has 1 aliphatic heterocycles. The molecule has 23 heavy (non-hydrogen) atoms. The fraction of sp³-hybridized carbons (Fsp3) is 0.438. The molecule has 1 amide bonds. The van der Waals surface area contributed by atoms with Crippen LogP contribution in [0.5, 0.6) is 0 Å². The first-order chi connectivity index (χ1) is 11.0. The minimum Gasteiger partial charge on any atom is -0.392 e. The highest BCUT2D eigenvalue weighted by Gasteiger charge is 2.26. The van der Waals surface area contributed by atoms with E-state index in [0.717, 1.165) is 5.56 Å². The SMILES string of the molecule is Cc1ccc2ncc(C(=O)N(C)C[C@@H]3C[C@@H](O)CN3)c(=O)n2c1. The number of nitrogens with one attached hydrogen (secondary N) is 1. The average Bonchev–Trinajstić information content (AvgIpc) is 2.92. The van der Waals surface area contributed by atoms with Crippen LogP contribution in [0.15, 0.2) is 29.3 Å². The van der Waals surface area contributed by atoms with E-state index < -0.39 is 0 Å². The molecule has 0 unspecified atom stereocenters. The summed E-state index contributed by atoms with van der Waals surface area (Å²) >= 11 is 0. The minimum absolute atomic E-state index is 0.0392. The number of β-amino-alcohol motifs (C(OH)–C–C–N with tert-alkyl or cyclic N) is 1. The van der Waals surface area contributed by atoms with Crippen LogP contribution in [0, 0.1) is 6.92 Å². The van der Waals surface area contributed by atoms with Crippen molar-refractivity contribution in [2.24, 2.45) is 0 Å². The molecule has 7 nitrogen and oxygen atoms in total. The summed E-state index contributed by atoms with van der Waals surface area (Å²) < 4.78 is 1.40. The predicted octanol–water partition coefficient (Wildman–Crippen LogP) is -0.202. The Morgan fingerprint density at radius 3 is 3.00 bits per heavy atom. The third kappa shape index (κ3) is 3.11. The van der Waals surface area contributed by atoms with Crippen LogP contribution in [0.2, 0.25) is 0 Å². The molecule has 0 aliphatic carbocycles. The number of fused-ring (bicyclic) bond motifs is 1. The van der Waals surface area contributed by atoms with Gasteiger partial charge in [-0.2, -0.15) is 0 Å². The number of aromatic nitrogens is 2. The number of carbonyl (C=O) groups is 1. The van der Waals surface area contributed by atoms with Crippen LogP contribution in [-0.2, 0) is 0 Å². The van der Waals surface area contributed by atoms with Crippen LogP contribution in [0.25, 0.3) is 5.65 Å². The second-order valence-electron chi connectivity index (χ2n) is 6.09. The lowest BCUT2D eigenvalue weighted by atomic mass is 10.2. The van der Waals surface area contributed by atoms with E-state index in [1.807, 2.05) is 13.0 Å². The molecular weight excluding hydrogens is 296 g/mol. The second-order valence-corrected chi connectivity index (χ2v) is 6.09. The number of aliphatic hydroxyl groups is 1. The zero-order valence-corrected chi connectivity index (χ0v) is 13.2. The Labute approximate surface area is 133 Å². The molecule has 2 aromatic heterocycles. The van der Waals surface area contributed by atoms with Gasteiger partial charge in [-0.15, -0.1) is 0 Å². The van der Waals surface area contributed by atoms with E-state index in [9.17, 15) is 14.7 Å². The number of likely N-dealkylation sites (N-methyl/N-ethyl adjacent to an activating group) is 1. The summed E-state index contributed by atoms with van der Waals surface area (Å²) in [6.07, 6.45) is 3.24. The van der Waals surface area contributed by atoms with E-state index in [0.29, 0.717) is 25.2 Å². The van der Waals surface area contributed by atoms with Gasteiger partial charge in [0.05, 0.1) is 6.10 Å². The molecule has 3 rings (SSSR count). The molecule has 0 spiro atoms. The molecule has 2 atom stereocenters. The minimum atomic E-state index is -0.376. The quantitative estimate of drug-likeness (QED) is 0.819. The molecule has 2 N–H and O–H groups in total. The largest absolute Gasteiger partial charge is 0.392 e. The normalized spacial score (nSPS) is 20.8. The fourth-order valence-electron chi connectivity index (χ4n) is 2.89. The van der Waals surface area contributed by atoms with Gasteiger partial charge in [-0.3, -0.25) is 14.0 Å². The predicted molar refractivity (Wildman–Crippen MR) is 85.6 cm³/mol. The average molecular weight is 316 g/mol. The topological polar surface area (TPSA) is 86.9 Å². The van der Waals surface area contributed by atoms with Crippen molar-refractivity contribution in [3.05, 3.63) is 46.0 Å². The van der Waals surface area contributed by atoms with Gasteiger partial charge in [0.15, 0.2) is 0 Å². The Hall–Kier alpha value is -2.25. The lowest BCUT2D eigenvalue weighted by Crippen LogP contribution is -2.40. The van der Waals surface area contributed by atoms with Crippen molar-refractivity contribution in [3.63, 3.8) is 0 Å². The molecule has 1 fully saturated rings. The highest BCUT2D eigenvalue weighted by molar-refractivity contribution is 5.93. The number of hydrogen-bond donors (Lipinski definition) is 2. The summed E-state index contributed by atoms with van der Waals surface area (Å²) in [5.74, 6) is -0.360. The first-order valence-corrected chi connectivity index (χ1v) is 7.60. The molecule has 0 bridgehead atoms. The highest BCUT2D eigenvalue weighted by Crippen LogP contribution is 2.09. The Morgan fingerprint density at radius 2 is 2.30 bits per heavy atom. The Balaban J connectivity index is 1.85. The standard InChI is InChI=1S/C16H20N4O3/c1-10-3-4-14-18-7-13(16(23)20(14)8-10)15(22)19(2)9-11-5-12(21)6-17-11/h3-4,7-8,11-12,17,21H,5-6,9H2,1-2H3/t11-,12+/m0/s1. The first-order valence-electron chi connectivity index (χ1n) is 7.60. The van der Waals surface area contributed by atoms with Gasteiger partial charge in [0.1, 0.15) is 11.2 Å². The second kappa shape index (κ2) is 6.10. The zero-order valence-electron chi connectivity index (χ0n) is 13.2. The summed E-state index contributed by atoms with van der Waals surface area (Å²) in [5, 5.41) is 12.7. The van der Waals surface area contributed by atoms with Gasteiger partial charge in [-0.25, -0.2) is 4.98 Å². The zero-order chi connectivity index (χ0) is 16.6. The summed E-state index contributed by atoms with van der Waals surface area (Å²) in [6, 6.07) is 3.66. The Kier molecular flexibility index (Phi) is 4.14. The van der Waals surface area contributed by atoms with Crippen molar-refractivity contribution in [2.45, 2.75) is 25.5 Å². The van der Waals surface area contributed by atoms with Gasteiger partial charge < -0.3 is 15.3 Å². The lowest BCUT2D eigenvalue weighted by Gasteiger charge is -2.21. The van der Waals surface area contributed by atoms with Crippen molar-refractivity contribution < 1.29 is 9.90 Å². The maximum Gasteiger partial charge on any atom is 0.270 e. The molecule has 0 radical (unpaired) electrons. The van der Waals surface area contributed by atoms with Gasteiger partial charge in [-0.05, 0) is 25.0 Å².